The van der Waals surface area contributed by atoms with Crippen LogP contribution in [0.1, 0.15) is 25.7 Å². The van der Waals surface area contributed by atoms with Crippen molar-refractivity contribution in [2.45, 2.75) is 25.7 Å². The van der Waals surface area contributed by atoms with E-state index >= 15 is 0 Å². The highest BCUT2D eigenvalue weighted by Gasteiger charge is 2.21. The topological polar surface area (TPSA) is 186 Å². The van der Waals surface area contributed by atoms with Crippen LogP contribution in [0, 0.1) is 0 Å². The minimum absolute atomic E-state index is 0.125. The fourth-order valence-corrected chi connectivity index (χ4v) is 4.97. The maximum absolute atomic E-state index is 12.8. The second-order valence-corrected chi connectivity index (χ2v) is 11.4. The first kappa shape index (κ1) is 38.6. The highest BCUT2D eigenvalue weighted by molar-refractivity contribution is 5.78. The third-order valence-electron chi connectivity index (χ3n) is 7.49. The molecule has 0 aliphatic carbocycles. The van der Waals surface area contributed by atoms with Crippen LogP contribution < -0.4 is 11.1 Å². The molecule has 250 valence electrons. The molecule has 0 atom stereocenters. The minimum atomic E-state index is -0.997. The molecular weight excluding hydrogens is 560 g/mol. The molecule has 0 saturated carbocycles. The van der Waals surface area contributed by atoms with Gasteiger partial charge in [0.1, 0.15) is 0 Å². The molecular formula is C28H56N8O7. The first-order chi connectivity index (χ1) is 20.5. The van der Waals surface area contributed by atoms with Crippen LogP contribution in [0.3, 0.4) is 0 Å². The summed E-state index contributed by atoms with van der Waals surface area (Å²) < 4.78 is 0. The summed E-state index contributed by atoms with van der Waals surface area (Å²) in [6.07, 6.45) is 4.08. The van der Waals surface area contributed by atoms with E-state index in [1.807, 2.05) is 4.90 Å². The average molecular weight is 617 g/mol. The largest absolute Gasteiger partial charge is 0.480 e. The lowest BCUT2D eigenvalue weighted by Crippen LogP contribution is -2.49. The van der Waals surface area contributed by atoms with Gasteiger partial charge in [-0.05, 0) is 72.5 Å². The molecule has 0 aromatic rings. The van der Waals surface area contributed by atoms with Crippen molar-refractivity contribution in [1.29, 1.82) is 0 Å². The van der Waals surface area contributed by atoms with Crippen LogP contribution >= 0.6 is 0 Å². The molecule has 15 nitrogen and oxygen atoms in total. The second-order valence-electron chi connectivity index (χ2n) is 11.4. The predicted octanol–water partition coefficient (Wildman–Crippen LogP) is -2.04. The Kier molecular flexibility index (Phi) is 20.7. The molecule has 0 aromatic carbocycles. The van der Waals surface area contributed by atoms with Crippen molar-refractivity contribution in [2.24, 2.45) is 5.73 Å². The smallest absolute Gasteiger partial charge is 0.317 e. The normalized spacial score (nSPS) is 17.0. The molecule has 43 heavy (non-hydrogen) atoms. The van der Waals surface area contributed by atoms with Gasteiger partial charge in [0.25, 0.3) is 0 Å². The molecule has 1 aliphatic rings. The van der Waals surface area contributed by atoms with Gasteiger partial charge >= 0.3 is 17.9 Å². The fourth-order valence-electron chi connectivity index (χ4n) is 4.97. The number of carbonyl (C=O) groups is 4. The summed E-state index contributed by atoms with van der Waals surface area (Å²) in [4.78, 5) is 58.7. The Hall–Kier alpha value is -2.40. The van der Waals surface area contributed by atoms with Gasteiger partial charge in [0.05, 0.1) is 26.2 Å². The van der Waals surface area contributed by atoms with Crippen LogP contribution in [-0.4, -0.2) is 200 Å². The Morgan fingerprint density at radius 1 is 0.581 bits per heavy atom. The number of unbranched alkanes of at least 4 members (excludes halogenated alkanes) is 1. The van der Waals surface area contributed by atoms with Crippen molar-refractivity contribution < 1.29 is 34.5 Å². The summed E-state index contributed by atoms with van der Waals surface area (Å²) in [7, 11) is 4.21. The number of hydrogen-bond acceptors (Lipinski definition) is 11. The predicted molar refractivity (Wildman–Crippen MR) is 164 cm³/mol. The standard InChI is InChI=1S/C28H56N8O7/c1-31(11-5-7-29)9-3-4-10-32(2)12-6-8-30-25(37)21-33-13-15-34(22-26(38)39)17-19-36(24-28(42)43)20-18-35(16-14-33)23-27(40)41/h3-24,29H2,1-2H3,(H,30,37)(H,38,39)(H,40,41)(H,42,43). The van der Waals surface area contributed by atoms with E-state index in [4.69, 9.17) is 5.73 Å². The molecule has 0 bridgehead atoms. The summed E-state index contributed by atoms with van der Waals surface area (Å²) in [6, 6.07) is 0. The lowest BCUT2D eigenvalue weighted by atomic mass is 10.2. The van der Waals surface area contributed by atoms with Gasteiger partial charge in [-0.25, -0.2) is 0 Å². The quantitative estimate of drug-likeness (QED) is 0.0942. The minimum Gasteiger partial charge on any atom is -0.480 e. The number of nitrogens with zero attached hydrogens (tertiary/aromatic N) is 6. The Morgan fingerprint density at radius 2 is 0.907 bits per heavy atom. The molecule has 1 fully saturated rings. The molecule has 1 heterocycles. The molecule has 1 amide bonds. The zero-order valence-electron chi connectivity index (χ0n) is 26.3. The van der Waals surface area contributed by atoms with Gasteiger partial charge in [0, 0.05) is 58.9 Å². The van der Waals surface area contributed by atoms with E-state index in [0.29, 0.717) is 58.9 Å². The first-order valence-electron chi connectivity index (χ1n) is 15.4. The van der Waals surface area contributed by atoms with E-state index < -0.39 is 17.9 Å². The Labute approximate surface area is 256 Å². The Bertz CT molecular complexity index is 790. The van der Waals surface area contributed by atoms with Crippen molar-refractivity contribution in [3.63, 3.8) is 0 Å². The van der Waals surface area contributed by atoms with Crippen LogP contribution in [0.5, 0.6) is 0 Å². The van der Waals surface area contributed by atoms with Crippen molar-refractivity contribution >= 4 is 23.8 Å². The number of carboxylic acid groups (broad SMARTS) is 3. The van der Waals surface area contributed by atoms with Gasteiger partial charge in [-0.15, -0.1) is 0 Å². The molecule has 0 aromatic heterocycles. The summed E-state index contributed by atoms with van der Waals surface area (Å²) in [5.74, 6) is -3.08. The summed E-state index contributed by atoms with van der Waals surface area (Å²) in [5.41, 5.74) is 5.56. The van der Waals surface area contributed by atoms with E-state index in [-0.39, 0.29) is 32.1 Å². The Morgan fingerprint density at radius 3 is 1.26 bits per heavy atom. The fraction of sp³-hybridized carbons (Fsp3) is 0.857. The zero-order valence-corrected chi connectivity index (χ0v) is 26.3. The van der Waals surface area contributed by atoms with Crippen LogP contribution in [0.2, 0.25) is 0 Å². The number of carboxylic acids is 3. The van der Waals surface area contributed by atoms with Crippen LogP contribution in [0.15, 0.2) is 0 Å². The van der Waals surface area contributed by atoms with E-state index in [2.05, 4.69) is 29.2 Å². The lowest BCUT2D eigenvalue weighted by molar-refractivity contribution is -0.140. The molecule has 15 heteroatoms. The number of rotatable bonds is 20. The maximum atomic E-state index is 12.8. The van der Waals surface area contributed by atoms with Gasteiger partial charge in [-0.3, -0.25) is 38.8 Å². The van der Waals surface area contributed by atoms with Crippen molar-refractivity contribution in [3.8, 4) is 0 Å². The van der Waals surface area contributed by atoms with E-state index in [1.165, 1.54) is 0 Å². The highest BCUT2D eigenvalue weighted by atomic mass is 16.4. The van der Waals surface area contributed by atoms with Gasteiger partial charge in [0.2, 0.25) is 5.91 Å². The number of nitrogens with two attached hydrogens (primary N) is 1. The second kappa shape index (κ2) is 23.0. The number of aliphatic carboxylic acids is 3. The van der Waals surface area contributed by atoms with E-state index in [1.54, 1.807) is 14.7 Å². The van der Waals surface area contributed by atoms with Crippen LogP contribution in [0.4, 0.5) is 0 Å². The van der Waals surface area contributed by atoms with Gasteiger partial charge in [-0.2, -0.15) is 0 Å². The SMILES string of the molecule is CN(CCCN)CCCCN(C)CCCNC(=O)CN1CCN(CC(=O)O)CCN(CC(=O)O)CCN(CC(=O)O)CC1. The molecule has 1 rings (SSSR count). The van der Waals surface area contributed by atoms with Crippen LogP contribution in [-0.2, 0) is 19.2 Å². The maximum Gasteiger partial charge on any atom is 0.317 e. The van der Waals surface area contributed by atoms with Gasteiger partial charge in [-0.1, -0.05) is 0 Å². The Balaban J connectivity index is 2.58. The van der Waals surface area contributed by atoms with Crippen molar-refractivity contribution in [1.82, 2.24) is 34.7 Å². The summed E-state index contributed by atoms with van der Waals surface area (Å²) in [6.45, 7) is 7.73. The number of amides is 1. The molecule has 0 unspecified atom stereocenters. The average Bonchev–Trinajstić information content (AvgIpc) is 2.92. The van der Waals surface area contributed by atoms with Gasteiger partial charge < -0.3 is 36.2 Å². The summed E-state index contributed by atoms with van der Waals surface area (Å²) in [5, 5.41) is 31.0. The van der Waals surface area contributed by atoms with E-state index in [9.17, 15) is 34.5 Å². The molecule has 6 N–H and O–H groups in total. The zero-order chi connectivity index (χ0) is 32.0. The molecule has 0 radical (unpaired) electrons. The summed E-state index contributed by atoms with van der Waals surface area (Å²) >= 11 is 0. The number of nitrogens with one attached hydrogen (secondary N) is 1. The molecule has 1 aliphatic heterocycles. The third-order valence-corrected chi connectivity index (χ3v) is 7.49. The number of hydrogen-bond donors (Lipinski definition) is 5. The highest BCUT2D eigenvalue weighted by Crippen LogP contribution is 2.02. The van der Waals surface area contributed by atoms with Gasteiger partial charge in [0.15, 0.2) is 0 Å². The lowest BCUT2D eigenvalue weighted by Gasteiger charge is -2.32. The first-order valence-corrected chi connectivity index (χ1v) is 15.4. The molecule has 1 saturated heterocycles. The number of carbonyl (C=O) groups excluding carboxylic acids is 1. The van der Waals surface area contributed by atoms with Crippen molar-refractivity contribution in [2.75, 3.05) is 132 Å². The van der Waals surface area contributed by atoms with Crippen molar-refractivity contribution in [3.05, 3.63) is 0 Å². The monoisotopic (exact) mass is 616 g/mol. The third kappa shape index (κ3) is 21.0. The van der Waals surface area contributed by atoms with Crippen LogP contribution in [0.25, 0.3) is 0 Å². The molecule has 0 spiro atoms. The van der Waals surface area contributed by atoms with E-state index in [0.717, 1.165) is 58.4 Å².